The van der Waals surface area contributed by atoms with Gasteiger partial charge in [-0.3, -0.25) is 4.79 Å². The largest absolute Gasteiger partial charge is 0.352 e. The van der Waals surface area contributed by atoms with Gasteiger partial charge in [-0.2, -0.15) is 0 Å². The van der Waals surface area contributed by atoms with E-state index < -0.39 is 10.0 Å². The van der Waals surface area contributed by atoms with E-state index in [0.29, 0.717) is 12.1 Å². The maximum Gasteiger partial charge on any atom is 0.251 e. The van der Waals surface area contributed by atoms with Crippen LogP contribution in [0.5, 0.6) is 0 Å². The van der Waals surface area contributed by atoms with Crippen LogP contribution in [-0.4, -0.2) is 20.9 Å². The summed E-state index contributed by atoms with van der Waals surface area (Å²) in [6.45, 7) is 6.96. The molecule has 0 fully saturated rings. The summed E-state index contributed by atoms with van der Waals surface area (Å²) in [7, 11) is -3.66. The zero-order valence-electron chi connectivity index (χ0n) is 15.5. The number of rotatable bonds is 6. The highest BCUT2D eigenvalue weighted by atomic mass is 32.2. The van der Waals surface area contributed by atoms with Gasteiger partial charge in [0, 0.05) is 12.1 Å². The second-order valence-corrected chi connectivity index (χ2v) is 8.94. The molecular weight excluding hydrogens is 348 g/mol. The lowest BCUT2D eigenvalue weighted by molar-refractivity contribution is 0.0953. The summed E-state index contributed by atoms with van der Waals surface area (Å²) in [5.74, 6) is -0.0879. The second kappa shape index (κ2) is 8.01. The van der Waals surface area contributed by atoms with Crippen molar-refractivity contribution in [2.45, 2.75) is 43.9 Å². The molecule has 2 aromatic carbocycles. The van der Waals surface area contributed by atoms with Crippen molar-refractivity contribution in [3.05, 3.63) is 65.2 Å². The minimum Gasteiger partial charge on any atom is -0.352 e. The molecule has 0 unspecified atom stereocenters. The summed E-state index contributed by atoms with van der Waals surface area (Å²) in [6.07, 6.45) is 1.51. The monoisotopic (exact) mass is 374 g/mol. The zero-order valence-corrected chi connectivity index (χ0v) is 16.3. The van der Waals surface area contributed by atoms with E-state index in [2.05, 4.69) is 26.1 Å². The van der Waals surface area contributed by atoms with Gasteiger partial charge in [0.15, 0.2) is 0 Å². The first kappa shape index (κ1) is 20.1. The topological polar surface area (TPSA) is 89.3 Å². The van der Waals surface area contributed by atoms with E-state index in [4.69, 9.17) is 5.14 Å². The Hall–Kier alpha value is -2.18. The number of carbonyl (C=O) groups is 1. The van der Waals surface area contributed by atoms with Crippen LogP contribution in [0.4, 0.5) is 0 Å². The molecule has 1 amide bonds. The normalized spacial score (nSPS) is 12.0. The van der Waals surface area contributed by atoms with Crippen LogP contribution in [-0.2, 0) is 21.9 Å². The van der Waals surface area contributed by atoms with E-state index >= 15 is 0 Å². The molecule has 5 nitrogen and oxygen atoms in total. The van der Waals surface area contributed by atoms with Gasteiger partial charge in [-0.25, -0.2) is 13.6 Å². The predicted molar refractivity (Wildman–Crippen MR) is 104 cm³/mol. The Morgan fingerprint density at radius 3 is 2.08 bits per heavy atom. The summed E-state index contributed by atoms with van der Waals surface area (Å²) in [5.41, 5.74) is 2.90. The van der Waals surface area contributed by atoms with Crippen molar-refractivity contribution < 1.29 is 13.2 Å². The molecule has 0 spiro atoms. The van der Waals surface area contributed by atoms with Crippen molar-refractivity contribution in [3.63, 3.8) is 0 Å². The van der Waals surface area contributed by atoms with E-state index in [-0.39, 0.29) is 16.2 Å². The van der Waals surface area contributed by atoms with Crippen LogP contribution in [0.25, 0.3) is 0 Å². The van der Waals surface area contributed by atoms with Crippen molar-refractivity contribution in [3.8, 4) is 0 Å². The van der Waals surface area contributed by atoms with E-state index in [1.165, 1.54) is 17.7 Å². The second-order valence-electron chi connectivity index (χ2n) is 7.38. The first-order valence-corrected chi connectivity index (χ1v) is 10.1. The lowest BCUT2D eigenvalue weighted by atomic mass is 9.87. The average Bonchev–Trinajstić information content (AvgIpc) is 2.57. The van der Waals surface area contributed by atoms with E-state index in [9.17, 15) is 13.2 Å². The van der Waals surface area contributed by atoms with Gasteiger partial charge in [0.2, 0.25) is 10.0 Å². The zero-order chi connectivity index (χ0) is 19.4. The highest BCUT2D eigenvalue weighted by Gasteiger charge is 2.14. The standard InChI is InChI=1S/C20H26N2O3S/c1-20(2,3)17-10-8-16(9-11-17)19(23)22-14-4-5-15-6-12-18(13-7-15)26(21,24)25/h6-13H,4-5,14H2,1-3H3,(H,22,23)(H2,21,24,25). The molecule has 0 atom stereocenters. The molecule has 3 N–H and O–H groups in total. The molecule has 0 saturated carbocycles. The number of nitrogens with two attached hydrogens (primary N) is 1. The van der Waals surface area contributed by atoms with Crippen molar-refractivity contribution in [2.24, 2.45) is 5.14 Å². The molecule has 0 aromatic heterocycles. The van der Waals surface area contributed by atoms with Gasteiger partial charge < -0.3 is 5.32 Å². The Morgan fingerprint density at radius 1 is 1.00 bits per heavy atom. The lowest BCUT2D eigenvalue weighted by Gasteiger charge is -2.19. The number of amides is 1. The Balaban J connectivity index is 1.81. The smallest absolute Gasteiger partial charge is 0.251 e. The third-order valence-electron chi connectivity index (χ3n) is 4.19. The number of benzene rings is 2. The quantitative estimate of drug-likeness (QED) is 0.762. The summed E-state index contributed by atoms with van der Waals surface area (Å²) in [6, 6.07) is 14.2. The first-order valence-electron chi connectivity index (χ1n) is 8.58. The molecule has 0 aliphatic carbocycles. The molecule has 0 aliphatic rings. The average molecular weight is 375 g/mol. The van der Waals surface area contributed by atoms with Gasteiger partial charge >= 0.3 is 0 Å². The van der Waals surface area contributed by atoms with Gasteiger partial charge in [0.25, 0.3) is 5.91 Å². The van der Waals surface area contributed by atoms with Crippen LogP contribution in [0.3, 0.4) is 0 Å². The van der Waals surface area contributed by atoms with Crippen molar-refractivity contribution in [2.75, 3.05) is 6.54 Å². The van der Waals surface area contributed by atoms with Gasteiger partial charge in [-0.15, -0.1) is 0 Å². The van der Waals surface area contributed by atoms with Gasteiger partial charge in [-0.05, 0) is 53.6 Å². The maximum atomic E-state index is 12.2. The van der Waals surface area contributed by atoms with Crippen LogP contribution < -0.4 is 10.5 Å². The Bertz CT molecular complexity index is 849. The van der Waals surface area contributed by atoms with Gasteiger partial charge in [0.1, 0.15) is 0 Å². The summed E-state index contributed by atoms with van der Waals surface area (Å²) < 4.78 is 22.4. The van der Waals surface area contributed by atoms with Crippen molar-refractivity contribution in [1.82, 2.24) is 5.32 Å². The first-order chi connectivity index (χ1) is 12.1. The minimum atomic E-state index is -3.66. The Morgan fingerprint density at radius 2 is 1.58 bits per heavy atom. The van der Waals surface area contributed by atoms with Crippen LogP contribution in [0.1, 0.15) is 48.7 Å². The fourth-order valence-corrected chi connectivity index (χ4v) is 3.08. The summed E-state index contributed by atoms with van der Waals surface area (Å²) in [5, 5.41) is 7.98. The van der Waals surface area contributed by atoms with Crippen molar-refractivity contribution >= 4 is 15.9 Å². The van der Waals surface area contributed by atoms with Crippen LogP contribution >= 0.6 is 0 Å². The van der Waals surface area contributed by atoms with Crippen molar-refractivity contribution in [1.29, 1.82) is 0 Å². The Kier molecular flexibility index (Phi) is 6.21. The maximum absolute atomic E-state index is 12.2. The molecule has 0 heterocycles. The number of hydrogen-bond acceptors (Lipinski definition) is 3. The number of aryl methyl sites for hydroxylation is 1. The number of primary sulfonamides is 1. The molecule has 6 heteroatoms. The SMILES string of the molecule is CC(C)(C)c1ccc(C(=O)NCCCc2ccc(S(N)(=O)=O)cc2)cc1. The Labute approximate surface area is 155 Å². The van der Waals surface area contributed by atoms with Gasteiger partial charge in [0.05, 0.1) is 4.90 Å². The predicted octanol–water partition coefficient (Wildman–Crippen LogP) is 2.99. The van der Waals surface area contributed by atoms with E-state index in [1.807, 2.05) is 24.3 Å². The molecular formula is C20H26N2O3S. The van der Waals surface area contributed by atoms with E-state index in [0.717, 1.165) is 18.4 Å². The fourth-order valence-electron chi connectivity index (χ4n) is 2.56. The number of sulfonamides is 1. The van der Waals surface area contributed by atoms with Crippen LogP contribution in [0.15, 0.2) is 53.4 Å². The minimum absolute atomic E-state index is 0.0633. The highest BCUT2D eigenvalue weighted by molar-refractivity contribution is 7.89. The molecule has 0 radical (unpaired) electrons. The van der Waals surface area contributed by atoms with Crippen LogP contribution in [0, 0.1) is 0 Å². The van der Waals surface area contributed by atoms with E-state index in [1.54, 1.807) is 12.1 Å². The van der Waals surface area contributed by atoms with Crippen LogP contribution in [0.2, 0.25) is 0 Å². The number of carbonyl (C=O) groups excluding carboxylic acids is 1. The number of hydrogen-bond donors (Lipinski definition) is 2. The molecule has 140 valence electrons. The summed E-state index contributed by atoms with van der Waals surface area (Å²) >= 11 is 0. The third-order valence-corrected chi connectivity index (χ3v) is 5.12. The highest BCUT2D eigenvalue weighted by Crippen LogP contribution is 2.22. The molecule has 26 heavy (non-hydrogen) atoms. The van der Waals surface area contributed by atoms with Gasteiger partial charge in [-0.1, -0.05) is 45.0 Å². The molecule has 0 bridgehead atoms. The third kappa shape index (κ3) is 5.68. The molecule has 2 rings (SSSR count). The fraction of sp³-hybridized carbons (Fsp3) is 0.350. The molecule has 2 aromatic rings. The number of nitrogens with one attached hydrogen (secondary N) is 1. The molecule has 0 aliphatic heterocycles. The molecule has 0 saturated heterocycles. The lowest BCUT2D eigenvalue weighted by Crippen LogP contribution is -2.25. The summed E-state index contributed by atoms with van der Waals surface area (Å²) in [4.78, 5) is 12.3.